The minimum absolute atomic E-state index is 0.0852. The summed E-state index contributed by atoms with van der Waals surface area (Å²) in [6.07, 6.45) is 1.97. The number of aryl methyl sites for hydroxylation is 2. The summed E-state index contributed by atoms with van der Waals surface area (Å²) in [5, 5.41) is 8.67. The lowest BCUT2D eigenvalue weighted by Gasteiger charge is -2.25. The molecule has 0 radical (unpaired) electrons. The topological polar surface area (TPSA) is 187 Å². The average Bonchev–Trinajstić information content (AvgIpc) is 3.54. The molecule has 4 amide bonds. The standard InChI is InChI=1S/C34H47N7O7/c1-6-20(3)28-31(44)36-15-10-18-41-25-19-23(12-13-24(25)38-34(41)47)30(43)35-14-9-17-40(16-8-11-26(42)39-28)32(45)27-21(4)29(37-22(27)5)33(46)48-7-2/h12-13,19-20,28,37H,6-11,14-18H2,1-5H3,(H,35,43)(H,36,44)(H,38,47)(H,39,42)/t20-,28-/m0/s1. The summed E-state index contributed by atoms with van der Waals surface area (Å²) >= 11 is 0. The molecule has 2 atom stereocenters. The Hall–Kier alpha value is -4.88. The van der Waals surface area contributed by atoms with Crippen LogP contribution in [-0.4, -0.2) is 87.9 Å². The van der Waals surface area contributed by atoms with Crippen LogP contribution in [-0.2, 0) is 20.9 Å². The van der Waals surface area contributed by atoms with Crippen LogP contribution in [0.3, 0.4) is 0 Å². The van der Waals surface area contributed by atoms with Gasteiger partial charge in [-0.25, -0.2) is 9.59 Å². The van der Waals surface area contributed by atoms with Crippen molar-refractivity contribution in [3.63, 3.8) is 0 Å². The van der Waals surface area contributed by atoms with E-state index in [0.717, 1.165) is 0 Å². The molecule has 14 heteroatoms. The quantitative estimate of drug-likeness (QED) is 0.259. The van der Waals surface area contributed by atoms with Crippen LogP contribution in [0.25, 0.3) is 11.0 Å². The highest BCUT2D eigenvalue weighted by molar-refractivity contribution is 6.01. The van der Waals surface area contributed by atoms with Crippen LogP contribution in [0, 0.1) is 19.8 Å². The number of hydrogen-bond donors (Lipinski definition) is 5. The molecule has 3 heterocycles. The molecule has 0 saturated heterocycles. The van der Waals surface area contributed by atoms with Gasteiger partial charge in [0.2, 0.25) is 11.8 Å². The van der Waals surface area contributed by atoms with E-state index in [0.29, 0.717) is 65.6 Å². The van der Waals surface area contributed by atoms with Crippen LogP contribution in [0.1, 0.15) is 95.3 Å². The Bertz CT molecular complexity index is 1720. The molecule has 1 aromatic carbocycles. The number of fused-ring (bicyclic) bond motifs is 1. The van der Waals surface area contributed by atoms with Crippen molar-refractivity contribution >= 4 is 40.6 Å². The van der Waals surface area contributed by atoms with Gasteiger partial charge >= 0.3 is 11.7 Å². The average molecular weight is 666 g/mol. The van der Waals surface area contributed by atoms with E-state index in [1.165, 1.54) is 4.57 Å². The number of aromatic nitrogens is 3. The first kappa shape index (κ1) is 36.0. The van der Waals surface area contributed by atoms with Gasteiger partial charge in [0, 0.05) is 50.4 Å². The van der Waals surface area contributed by atoms with Gasteiger partial charge in [-0.1, -0.05) is 20.3 Å². The maximum atomic E-state index is 13.9. The number of benzene rings is 1. The lowest BCUT2D eigenvalue weighted by molar-refractivity contribution is -0.130. The van der Waals surface area contributed by atoms with E-state index in [9.17, 15) is 28.8 Å². The summed E-state index contributed by atoms with van der Waals surface area (Å²) < 4.78 is 6.68. The lowest BCUT2D eigenvalue weighted by atomic mass is 9.98. The minimum atomic E-state index is -0.740. The van der Waals surface area contributed by atoms with Crippen molar-refractivity contribution in [2.45, 2.75) is 79.3 Å². The van der Waals surface area contributed by atoms with Gasteiger partial charge in [-0.3, -0.25) is 23.7 Å². The summed E-state index contributed by atoms with van der Waals surface area (Å²) in [5.41, 5.74) is 2.81. The first-order valence-corrected chi connectivity index (χ1v) is 16.7. The third kappa shape index (κ3) is 8.33. The van der Waals surface area contributed by atoms with Crippen LogP contribution < -0.4 is 21.6 Å². The van der Waals surface area contributed by atoms with E-state index in [-0.39, 0.29) is 80.1 Å². The highest BCUT2D eigenvalue weighted by atomic mass is 16.5. The highest BCUT2D eigenvalue weighted by Crippen LogP contribution is 2.22. The Morgan fingerprint density at radius 1 is 0.958 bits per heavy atom. The number of imidazole rings is 1. The van der Waals surface area contributed by atoms with E-state index in [4.69, 9.17) is 4.74 Å². The second kappa shape index (κ2) is 16.3. The molecule has 5 N–H and O–H groups in total. The maximum absolute atomic E-state index is 13.9. The molecule has 1 aliphatic heterocycles. The number of amides is 4. The van der Waals surface area contributed by atoms with E-state index in [1.54, 1.807) is 43.9 Å². The Kier molecular flexibility index (Phi) is 12.2. The number of carbonyl (C=O) groups excluding carboxylic acids is 5. The molecule has 2 aromatic heterocycles. The summed E-state index contributed by atoms with van der Waals surface area (Å²) in [7, 11) is 0. The maximum Gasteiger partial charge on any atom is 0.355 e. The fraction of sp³-hybridized carbons (Fsp3) is 0.529. The Labute approximate surface area is 279 Å². The minimum Gasteiger partial charge on any atom is -0.461 e. The molecule has 0 fully saturated rings. The van der Waals surface area contributed by atoms with Crippen LogP contribution in [0.4, 0.5) is 0 Å². The van der Waals surface area contributed by atoms with Crippen LogP contribution >= 0.6 is 0 Å². The lowest BCUT2D eigenvalue weighted by Crippen LogP contribution is -2.50. The summed E-state index contributed by atoms with van der Waals surface area (Å²) in [5.74, 6) is -1.91. The van der Waals surface area contributed by atoms with Crippen molar-refractivity contribution < 1.29 is 28.7 Å². The molecule has 1 aliphatic rings. The van der Waals surface area contributed by atoms with Gasteiger partial charge in [0.25, 0.3) is 11.8 Å². The van der Waals surface area contributed by atoms with Crippen LogP contribution in [0.2, 0.25) is 0 Å². The number of esters is 1. The largest absolute Gasteiger partial charge is 0.461 e. The predicted octanol–water partition coefficient (Wildman–Crippen LogP) is 2.54. The number of rotatable bonds is 5. The Morgan fingerprint density at radius 3 is 2.40 bits per heavy atom. The first-order chi connectivity index (χ1) is 23.0. The smallest absolute Gasteiger partial charge is 0.355 e. The van der Waals surface area contributed by atoms with Crippen molar-refractivity contribution in [2.24, 2.45) is 5.92 Å². The van der Waals surface area contributed by atoms with Gasteiger partial charge in [-0.05, 0) is 69.7 Å². The van der Waals surface area contributed by atoms with Gasteiger partial charge in [-0.2, -0.15) is 0 Å². The molecule has 14 nitrogen and oxygen atoms in total. The molecular formula is C34H47N7O7. The van der Waals surface area contributed by atoms with Gasteiger partial charge in [-0.15, -0.1) is 0 Å². The van der Waals surface area contributed by atoms with Crippen molar-refractivity contribution in [1.82, 2.24) is 35.4 Å². The number of carbonyl (C=O) groups is 5. The molecule has 4 rings (SSSR count). The zero-order chi connectivity index (χ0) is 35.0. The summed E-state index contributed by atoms with van der Waals surface area (Å²) in [6.45, 7) is 10.5. The summed E-state index contributed by atoms with van der Waals surface area (Å²) in [4.78, 5) is 85.8. The number of aromatic amines is 2. The first-order valence-electron chi connectivity index (χ1n) is 16.7. The number of ether oxygens (including phenoxy) is 1. The zero-order valence-corrected chi connectivity index (χ0v) is 28.4. The van der Waals surface area contributed by atoms with Crippen molar-refractivity contribution in [3.05, 3.63) is 56.8 Å². The summed E-state index contributed by atoms with van der Waals surface area (Å²) in [6, 6.07) is 4.25. The molecule has 3 aromatic rings. The number of nitrogens with one attached hydrogen (secondary N) is 5. The van der Waals surface area contributed by atoms with Gasteiger partial charge in [0.05, 0.1) is 23.2 Å². The molecule has 0 saturated carbocycles. The fourth-order valence-corrected chi connectivity index (χ4v) is 5.98. The molecule has 0 spiro atoms. The molecule has 2 bridgehead atoms. The van der Waals surface area contributed by atoms with Gasteiger partial charge < -0.3 is 35.6 Å². The van der Waals surface area contributed by atoms with Gasteiger partial charge in [0.1, 0.15) is 11.7 Å². The Balaban J connectivity index is 1.60. The number of H-pyrrole nitrogens is 2. The van der Waals surface area contributed by atoms with Crippen LogP contribution in [0.15, 0.2) is 23.0 Å². The number of hydrogen-bond acceptors (Lipinski definition) is 7. The Morgan fingerprint density at radius 2 is 1.67 bits per heavy atom. The molecule has 0 unspecified atom stereocenters. The van der Waals surface area contributed by atoms with Crippen molar-refractivity contribution in [1.29, 1.82) is 0 Å². The number of nitrogens with zero attached hydrogens (tertiary/aromatic N) is 2. The van der Waals surface area contributed by atoms with E-state index in [1.807, 2.05) is 13.8 Å². The van der Waals surface area contributed by atoms with E-state index < -0.39 is 12.0 Å². The highest BCUT2D eigenvalue weighted by Gasteiger charge is 2.28. The third-order valence-corrected chi connectivity index (χ3v) is 8.85. The van der Waals surface area contributed by atoms with E-state index in [2.05, 4.69) is 25.9 Å². The second-order valence-electron chi connectivity index (χ2n) is 12.2. The normalized spacial score (nSPS) is 18.1. The van der Waals surface area contributed by atoms with E-state index >= 15 is 0 Å². The predicted molar refractivity (Wildman–Crippen MR) is 180 cm³/mol. The second-order valence-corrected chi connectivity index (χ2v) is 12.2. The molecular weight excluding hydrogens is 618 g/mol. The molecule has 48 heavy (non-hydrogen) atoms. The molecule has 0 aliphatic carbocycles. The fourth-order valence-electron chi connectivity index (χ4n) is 5.98. The van der Waals surface area contributed by atoms with Gasteiger partial charge in [0.15, 0.2) is 0 Å². The monoisotopic (exact) mass is 665 g/mol. The van der Waals surface area contributed by atoms with Crippen molar-refractivity contribution in [2.75, 3.05) is 32.8 Å². The zero-order valence-electron chi connectivity index (χ0n) is 28.4. The van der Waals surface area contributed by atoms with Crippen molar-refractivity contribution in [3.8, 4) is 0 Å². The third-order valence-electron chi connectivity index (χ3n) is 8.85. The van der Waals surface area contributed by atoms with Crippen LogP contribution in [0.5, 0.6) is 0 Å². The molecule has 260 valence electrons. The SMILES string of the molecule is CCOC(=O)c1[nH]c(C)c(C(=O)N2CCCNC(=O)c3ccc4[nH]c(=O)n(c4c3)CCCNC(=O)[C@H]([C@@H](C)CC)NC(=O)CCC2)c1C.